The number of nitrogens with two attached hydrogens (primary N) is 1. The average Bonchev–Trinajstić information content (AvgIpc) is 3.03. The summed E-state index contributed by atoms with van der Waals surface area (Å²) in [6, 6.07) is 6.15. The largest absolute Gasteiger partial charge is 0.485 e. The first-order chi connectivity index (χ1) is 12.3. The van der Waals surface area contributed by atoms with Gasteiger partial charge in [0.05, 0.1) is 12.6 Å². The highest BCUT2D eigenvalue weighted by atomic mass is 35.5. The van der Waals surface area contributed by atoms with Crippen LogP contribution >= 0.6 is 12.4 Å². The number of amides is 2. The number of hydrogen-bond donors (Lipinski definition) is 3. The van der Waals surface area contributed by atoms with Crippen LogP contribution in [0.5, 0.6) is 5.75 Å². The Morgan fingerprint density at radius 2 is 1.93 bits per heavy atom. The van der Waals surface area contributed by atoms with Crippen LogP contribution in [-0.4, -0.2) is 34.5 Å². The molecule has 148 valence electrons. The monoisotopic (exact) mass is 397 g/mol. The first-order valence-corrected chi connectivity index (χ1v) is 8.20. The van der Waals surface area contributed by atoms with Crippen molar-refractivity contribution in [1.82, 2.24) is 15.5 Å². The number of carbonyl (C=O) groups is 2. The van der Waals surface area contributed by atoms with Gasteiger partial charge in [-0.1, -0.05) is 19.0 Å². The summed E-state index contributed by atoms with van der Waals surface area (Å²) >= 11 is 0. The number of halogens is 1. The summed E-state index contributed by atoms with van der Waals surface area (Å²) in [6.45, 7) is 5.42. The number of aromatic nitrogens is 2. The van der Waals surface area contributed by atoms with E-state index in [0.29, 0.717) is 23.2 Å². The molecule has 1 aromatic carbocycles. The molecule has 0 saturated heterocycles. The molecule has 9 nitrogen and oxygen atoms in total. The Hall–Kier alpha value is -2.65. The summed E-state index contributed by atoms with van der Waals surface area (Å²) < 4.78 is 10.4. The molecule has 4 N–H and O–H groups in total. The summed E-state index contributed by atoms with van der Waals surface area (Å²) in [5.41, 5.74) is 6.30. The lowest BCUT2D eigenvalue weighted by Gasteiger charge is -2.15. The first-order valence-electron chi connectivity index (χ1n) is 8.20. The van der Waals surface area contributed by atoms with Gasteiger partial charge in [0.25, 0.3) is 0 Å². The Kier molecular flexibility index (Phi) is 8.70. The van der Waals surface area contributed by atoms with Gasteiger partial charge in [0, 0.05) is 12.6 Å². The van der Waals surface area contributed by atoms with Crippen molar-refractivity contribution in [1.29, 1.82) is 0 Å². The minimum Gasteiger partial charge on any atom is -0.485 e. The average molecular weight is 398 g/mol. The van der Waals surface area contributed by atoms with Crippen LogP contribution < -0.4 is 21.1 Å². The minimum absolute atomic E-state index is 0. The molecule has 1 atom stereocenters. The molecule has 0 fully saturated rings. The van der Waals surface area contributed by atoms with Gasteiger partial charge in [0.2, 0.25) is 23.5 Å². The van der Waals surface area contributed by atoms with Gasteiger partial charge in [-0.2, -0.15) is 4.98 Å². The predicted octanol–water partition coefficient (Wildman–Crippen LogP) is 1.42. The Balaban J connectivity index is 0.00000364. The van der Waals surface area contributed by atoms with Gasteiger partial charge >= 0.3 is 0 Å². The second-order valence-electron chi connectivity index (χ2n) is 6.08. The minimum atomic E-state index is -0.637. The van der Waals surface area contributed by atoms with E-state index in [1.54, 1.807) is 31.2 Å². The number of rotatable bonds is 8. The van der Waals surface area contributed by atoms with Crippen LogP contribution in [0, 0.1) is 12.8 Å². The summed E-state index contributed by atoms with van der Waals surface area (Å²) in [6.07, 6.45) is 0. The topological polar surface area (TPSA) is 132 Å². The Labute approximate surface area is 163 Å². The Morgan fingerprint density at radius 1 is 1.26 bits per heavy atom. The van der Waals surface area contributed by atoms with Crippen LogP contribution in [0.4, 0.5) is 5.69 Å². The molecular weight excluding hydrogens is 374 g/mol. The van der Waals surface area contributed by atoms with Gasteiger partial charge in [-0.25, -0.2) is 0 Å². The van der Waals surface area contributed by atoms with Crippen molar-refractivity contribution in [2.45, 2.75) is 33.4 Å². The quantitative estimate of drug-likeness (QED) is 0.613. The van der Waals surface area contributed by atoms with E-state index in [0.717, 1.165) is 0 Å². The van der Waals surface area contributed by atoms with Crippen LogP contribution in [0.1, 0.15) is 25.6 Å². The highest BCUT2D eigenvalue weighted by molar-refractivity contribution is 5.95. The summed E-state index contributed by atoms with van der Waals surface area (Å²) in [5.74, 6) is 0.836. The van der Waals surface area contributed by atoms with Gasteiger partial charge < -0.3 is 25.6 Å². The molecule has 1 heterocycles. The van der Waals surface area contributed by atoms with Crippen molar-refractivity contribution in [2.75, 3.05) is 11.9 Å². The summed E-state index contributed by atoms with van der Waals surface area (Å²) in [7, 11) is 0. The Morgan fingerprint density at radius 3 is 2.48 bits per heavy atom. The lowest BCUT2D eigenvalue weighted by Crippen LogP contribution is -2.46. The third-order valence-electron chi connectivity index (χ3n) is 3.52. The van der Waals surface area contributed by atoms with Gasteiger partial charge in [0.1, 0.15) is 5.75 Å². The fourth-order valence-corrected chi connectivity index (χ4v) is 1.98. The van der Waals surface area contributed by atoms with Gasteiger partial charge in [-0.05, 0) is 30.2 Å². The number of anilines is 1. The van der Waals surface area contributed by atoms with Crippen molar-refractivity contribution < 1.29 is 18.8 Å². The SMILES string of the molecule is Cc1nc(COc2ccc(NC(=O)CNC(=O)[C@@H](N)C(C)C)cc2)no1.Cl. The van der Waals surface area contributed by atoms with Gasteiger partial charge in [-0.15, -0.1) is 12.4 Å². The summed E-state index contributed by atoms with van der Waals surface area (Å²) in [5, 5.41) is 8.93. The molecule has 1 aromatic heterocycles. The number of nitrogens with one attached hydrogen (secondary N) is 2. The van der Waals surface area contributed by atoms with Crippen LogP contribution in [0.2, 0.25) is 0 Å². The molecule has 0 unspecified atom stereocenters. The normalized spacial score (nSPS) is 11.4. The zero-order valence-electron chi connectivity index (χ0n) is 15.4. The van der Waals surface area contributed by atoms with Crippen molar-refractivity contribution in [3.8, 4) is 5.75 Å². The standard InChI is InChI=1S/C17H23N5O4.ClH/c1-10(2)16(18)17(24)19-8-15(23)21-12-4-6-13(7-5-12)25-9-14-20-11(3)26-22-14;/h4-7,10,16H,8-9,18H2,1-3H3,(H,19,24)(H,21,23);1H/t16-;/m0./s1. The van der Waals surface area contributed by atoms with E-state index in [1.165, 1.54) is 0 Å². The lowest BCUT2D eigenvalue weighted by molar-refractivity contribution is -0.125. The molecular formula is C17H24ClN5O4. The van der Waals surface area contributed by atoms with Crippen molar-refractivity contribution in [3.05, 3.63) is 36.0 Å². The van der Waals surface area contributed by atoms with Crippen LogP contribution in [0.25, 0.3) is 0 Å². The molecule has 2 rings (SSSR count). The maximum Gasteiger partial charge on any atom is 0.243 e. The van der Waals surface area contributed by atoms with Crippen LogP contribution in [0.3, 0.4) is 0 Å². The molecule has 0 bridgehead atoms. The smallest absolute Gasteiger partial charge is 0.243 e. The van der Waals surface area contributed by atoms with Crippen molar-refractivity contribution >= 4 is 29.9 Å². The molecule has 0 aliphatic rings. The Bertz CT molecular complexity index is 748. The zero-order valence-corrected chi connectivity index (χ0v) is 16.2. The molecule has 0 saturated carbocycles. The van der Waals surface area contributed by atoms with Crippen LogP contribution in [0.15, 0.2) is 28.8 Å². The third-order valence-corrected chi connectivity index (χ3v) is 3.52. The molecule has 0 radical (unpaired) electrons. The zero-order chi connectivity index (χ0) is 19.1. The molecule has 0 aliphatic carbocycles. The molecule has 0 aliphatic heterocycles. The maximum absolute atomic E-state index is 11.9. The highest BCUT2D eigenvalue weighted by Crippen LogP contribution is 2.16. The van der Waals surface area contributed by atoms with Crippen molar-refractivity contribution in [2.24, 2.45) is 11.7 Å². The predicted molar refractivity (Wildman–Crippen MR) is 102 cm³/mol. The molecule has 10 heteroatoms. The van der Waals surface area contributed by atoms with E-state index >= 15 is 0 Å². The fraction of sp³-hybridized carbons (Fsp3) is 0.412. The van der Waals surface area contributed by atoms with E-state index in [2.05, 4.69) is 20.8 Å². The molecule has 2 amide bonds. The van der Waals surface area contributed by atoms with Crippen molar-refractivity contribution in [3.63, 3.8) is 0 Å². The van der Waals surface area contributed by atoms with Gasteiger partial charge in [0.15, 0.2) is 6.61 Å². The van der Waals surface area contributed by atoms with E-state index < -0.39 is 6.04 Å². The summed E-state index contributed by atoms with van der Waals surface area (Å²) in [4.78, 5) is 27.6. The van der Waals surface area contributed by atoms with Crippen LogP contribution in [-0.2, 0) is 16.2 Å². The first kappa shape index (κ1) is 22.4. The number of aryl methyl sites for hydroxylation is 1. The van der Waals surface area contributed by atoms with E-state index in [4.69, 9.17) is 15.0 Å². The highest BCUT2D eigenvalue weighted by Gasteiger charge is 2.17. The maximum atomic E-state index is 11.9. The number of nitrogens with zero attached hydrogens (tertiary/aromatic N) is 2. The second kappa shape index (κ2) is 10.5. The fourth-order valence-electron chi connectivity index (χ4n) is 1.98. The second-order valence-corrected chi connectivity index (χ2v) is 6.08. The number of carbonyl (C=O) groups excluding carboxylic acids is 2. The van der Waals surface area contributed by atoms with Gasteiger partial charge in [-0.3, -0.25) is 9.59 Å². The molecule has 0 spiro atoms. The van der Waals surface area contributed by atoms with E-state index in [9.17, 15) is 9.59 Å². The number of hydrogen-bond acceptors (Lipinski definition) is 7. The molecule has 2 aromatic rings. The molecule has 27 heavy (non-hydrogen) atoms. The van der Waals surface area contributed by atoms with E-state index in [1.807, 2.05) is 13.8 Å². The van der Waals surface area contributed by atoms with E-state index in [-0.39, 0.29) is 43.3 Å². The number of ether oxygens (including phenoxy) is 1. The number of benzene rings is 1. The third kappa shape index (κ3) is 7.24. The lowest BCUT2D eigenvalue weighted by atomic mass is 10.1.